The molecule has 0 bridgehead atoms. The van der Waals surface area contributed by atoms with E-state index in [9.17, 15) is 15.8 Å². The molecular formula is C30H18N18. The molecule has 0 aliphatic carbocycles. The number of rotatable bonds is 3. The van der Waals surface area contributed by atoms with Crippen LogP contribution >= 0.6 is 0 Å². The van der Waals surface area contributed by atoms with Gasteiger partial charge in [-0.2, -0.15) is 15.8 Å². The lowest BCUT2D eigenvalue weighted by Gasteiger charge is -2.07. The molecule has 7 rings (SSSR count). The van der Waals surface area contributed by atoms with Crippen molar-refractivity contribution in [3.05, 3.63) is 102 Å². The largest absolute Gasteiger partial charge is 0.229 e. The smallest absolute Gasteiger partial charge is 0.200 e. The van der Waals surface area contributed by atoms with E-state index < -0.39 is 0 Å². The van der Waals surface area contributed by atoms with Crippen molar-refractivity contribution in [2.24, 2.45) is 30.0 Å². The Morgan fingerprint density at radius 2 is 0.521 bits per heavy atom. The number of allylic oxidation sites excluding steroid dienone is 3. The molecule has 0 saturated heterocycles. The third-order valence-electron chi connectivity index (χ3n) is 7.40. The van der Waals surface area contributed by atoms with Crippen molar-refractivity contribution >= 4 is 16.7 Å². The summed E-state index contributed by atoms with van der Waals surface area (Å²) in [5, 5.41) is 31.0. The molecule has 3 aliphatic heterocycles. The molecule has 0 radical (unpaired) electrons. The molecule has 18 nitrogen and oxygen atoms in total. The van der Waals surface area contributed by atoms with E-state index in [1.165, 1.54) is 0 Å². The number of hydrogen-bond donors (Lipinski definition) is 0. The normalized spacial score (nSPS) is 13.2. The highest BCUT2D eigenvalue weighted by atomic mass is 15.1. The van der Waals surface area contributed by atoms with Crippen LogP contribution in [0.5, 0.6) is 0 Å². The third kappa shape index (κ3) is 4.84. The van der Waals surface area contributed by atoms with Crippen LogP contribution in [0, 0.1) is 75.5 Å². The molecule has 4 aromatic heterocycles. The minimum atomic E-state index is -0.250. The average molecular weight is 631 g/mol. The fraction of sp³-hybridized carbons (Fsp3) is 0.200. The molecule has 0 aromatic carbocycles. The minimum absolute atomic E-state index is 0.0677. The first-order chi connectivity index (χ1) is 23.1. The second-order valence-corrected chi connectivity index (χ2v) is 10.5. The van der Waals surface area contributed by atoms with E-state index in [1.54, 1.807) is 41.5 Å². The Hall–Kier alpha value is -7.26. The topological polar surface area (TPSA) is 262 Å². The quantitative estimate of drug-likeness (QED) is 0.235. The van der Waals surface area contributed by atoms with Gasteiger partial charge in [0.25, 0.3) is 0 Å². The molecule has 0 unspecified atom stereocenters. The Morgan fingerprint density at radius 1 is 0.333 bits per heavy atom. The minimum Gasteiger partial charge on any atom is -0.229 e. The zero-order chi connectivity index (χ0) is 33.9. The second-order valence-electron chi connectivity index (χ2n) is 10.5. The van der Waals surface area contributed by atoms with Gasteiger partial charge in [0.1, 0.15) is 34.9 Å². The fourth-order valence-electron chi connectivity index (χ4n) is 4.51. The fourth-order valence-corrected chi connectivity index (χ4v) is 4.51. The number of nitrogens with zero attached hydrogens (tertiary/aromatic N) is 18. The van der Waals surface area contributed by atoms with Crippen LogP contribution in [0.1, 0.15) is 51.6 Å². The van der Waals surface area contributed by atoms with Crippen molar-refractivity contribution in [3.63, 3.8) is 0 Å². The lowest BCUT2D eigenvalue weighted by atomic mass is 10.2. The molecular weight excluding hydrogens is 612 g/mol. The van der Waals surface area contributed by atoms with Gasteiger partial charge in [0, 0.05) is 0 Å². The Bertz CT molecular complexity index is 2380. The van der Waals surface area contributed by atoms with Crippen molar-refractivity contribution in [2.75, 3.05) is 0 Å². The van der Waals surface area contributed by atoms with Crippen molar-refractivity contribution in [2.45, 2.75) is 41.5 Å². The third-order valence-corrected chi connectivity index (χ3v) is 7.40. The van der Waals surface area contributed by atoms with E-state index in [0.29, 0.717) is 34.2 Å². The second kappa shape index (κ2) is 11.0. The first-order valence-corrected chi connectivity index (χ1v) is 14.1. The van der Waals surface area contributed by atoms with Crippen LogP contribution in [0.3, 0.4) is 0 Å². The molecule has 48 heavy (non-hydrogen) atoms. The Kier molecular flexibility index (Phi) is 6.73. The first kappa shape index (κ1) is 29.5. The molecule has 228 valence electrons. The van der Waals surface area contributed by atoms with Crippen LogP contribution in [0.25, 0.3) is 16.7 Å². The number of aromatic nitrogens is 9. The SMILES string of the molecule is Cc1nc2c(nc1C)=NC(=C(C#N)c1nc(C(C#N)=C3N=c4nc(C)c(C)nc4=N3)nc(C(C#N)=C3N=c4nc(C)c(C)nc4=N3)n1)N=2. The van der Waals surface area contributed by atoms with E-state index >= 15 is 0 Å². The van der Waals surface area contributed by atoms with Crippen molar-refractivity contribution < 1.29 is 0 Å². The summed E-state index contributed by atoms with van der Waals surface area (Å²) >= 11 is 0. The lowest BCUT2D eigenvalue weighted by molar-refractivity contribution is 0.947. The molecule has 0 saturated carbocycles. The number of hydrogen-bond acceptors (Lipinski definition) is 18. The van der Waals surface area contributed by atoms with Gasteiger partial charge < -0.3 is 0 Å². The van der Waals surface area contributed by atoms with Gasteiger partial charge in [-0.25, -0.2) is 74.8 Å². The van der Waals surface area contributed by atoms with Crippen LogP contribution < -0.4 is 32.9 Å². The number of aryl methyl sites for hydroxylation is 6. The molecule has 0 N–H and O–H groups in total. The summed E-state index contributed by atoms with van der Waals surface area (Å²) in [6.07, 6.45) is 0. The molecule has 0 fully saturated rings. The maximum absolute atomic E-state index is 10.3. The van der Waals surface area contributed by atoms with E-state index in [2.05, 4.69) is 74.8 Å². The van der Waals surface area contributed by atoms with Crippen LogP contribution in [-0.4, -0.2) is 44.9 Å². The average Bonchev–Trinajstić information content (AvgIpc) is 3.76. The van der Waals surface area contributed by atoms with Crippen LogP contribution in [-0.2, 0) is 0 Å². The van der Waals surface area contributed by atoms with E-state index in [-0.39, 0.29) is 84.6 Å². The maximum Gasteiger partial charge on any atom is 0.200 e. The van der Waals surface area contributed by atoms with Crippen LogP contribution in [0.15, 0.2) is 47.4 Å². The van der Waals surface area contributed by atoms with E-state index in [0.717, 1.165) is 0 Å². The van der Waals surface area contributed by atoms with Gasteiger partial charge in [0.2, 0.25) is 0 Å². The van der Waals surface area contributed by atoms with Crippen molar-refractivity contribution in [1.82, 2.24) is 44.9 Å². The van der Waals surface area contributed by atoms with Gasteiger partial charge in [-0.3, -0.25) is 0 Å². The monoisotopic (exact) mass is 630 g/mol. The highest BCUT2D eigenvalue weighted by Crippen LogP contribution is 2.25. The Labute approximate surface area is 269 Å². The summed E-state index contributed by atoms with van der Waals surface area (Å²) in [6.45, 7) is 10.7. The van der Waals surface area contributed by atoms with Gasteiger partial charge in [-0.05, 0) is 41.5 Å². The summed E-state index contributed by atoms with van der Waals surface area (Å²) in [5.41, 5.74) is 4.57. The van der Waals surface area contributed by atoms with E-state index in [4.69, 9.17) is 0 Å². The molecule has 7 heterocycles. The zero-order valence-electron chi connectivity index (χ0n) is 26.0. The molecule has 4 aromatic rings. The van der Waals surface area contributed by atoms with Gasteiger partial charge in [0.05, 0.1) is 34.2 Å². The standard InChI is InChI=1S/C30H18N18/c1-10-11(2)35-26-25(34-10)43-22(44-26)16(7-31)19-40-20(17(8-32)23-45-27-28(46-23)37-13(4)12(3)36-27)42-21(41-19)18(9-33)24-47-29-30(48-24)39-15(6)14(5)38-29/h1-6H3. The highest BCUT2D eigenvalue weighted by molar-refractivity contribution is 5.82. The van der Waals surface area contributed by atoms with Crippen molar-refractivity contribution in [1.29, 1.82) is 15.8 Å². The molecule has 3 aliphatic rings. The van der Waals surface area contributed by atoms with Gasteiger partial charge >= 0.3 is 0 Å². The Balaban J connectivity index is 1.50. The number of fused-ring (bicyclic) bond motifs is 3. The summed E-state index contributed by atoms with van der Waals surface area (Å²) in [4.78, 5) is 66.1. The first-order valence-electron chi connectivity index (χ1n) is 14.1. The summed E-state index contributed by atoms with van der Waals surface area (Å²) in [6, 6.07) is 6.11. The van der Waals surface area contributed by atoms with Gasteiger partial charge in [-0.15, -0.1) is 0 Å². The summed E-state index contributed by atoms with van der Waals surface area (Å²) in [5.74, 6) is -0.953. The predicted octanol–water partition coefficient (Wildman–Crippen LogP) is -1.47. The van der Waals surface area contributed by atoms with Crippen LogP contribution in [0.2, 0.25) is 0 Å². The Morgan fingerprint density at radius 3 is 0.688 bits per heavy atom. The maximum atomic E-state index is 10.3. The van der Waals surface area contributed by atoms with Gasteiger partial charge in [-0.1, -0.05) is 0 Å². The predicted molar refractivity (Wildman–Crippen MR) is 159 cm³/mol. The van der Waals surface area contributed by atoms with Crippen molar-refractivity contribution in [3.8, 4) is 18.2 Å². The molecule has 0 atom stereocenters. The van der Waals surface area contributed by atoms with Crippen LogP contribution in [0.4, 0.5) is 0 Å². The van der Waals surface area contributed by atoms with Gasteiger partial charge in [0.15, 0.2) is 67.9 Å². The van der Waals surface area contributed by atoms with E-state index in [1.807, 2.05) is 18.2 Å². The number of nitriles is 3. The highest BCUT2D eigenvalue weighted by Gasteiger charge is 2.25. The molecule has 18 heteroatoms. The lowest BCUT2D eigenvalue weighted by Crippen LogP contribution is -2.30. The molecule has 0 spiro atoms. The summed E-state index contributed by atoms with van der Waals surface area (Å²) in [7, 11) is 0. The molecule has 0 amide bonds. The zero-order valence-corrected chi connectivity index (χ0v) is 26.0. The summed E-state index contributed by atoms with van der Waals surface area (Å²) < 4.78 is 0.